The molecule has 2 aromatic rings. The van der Waals surface area contributed by atoms with E-state index in [9.17, 15) is 9.59 Å². The Morgan fingerprint density at radius 1 is 1.13 bits per heavy atom. The number of methoxy groups -OCH3 is 1. The van der Waals surface area contributed by atoms with Crippen LogP contribution in [0.25, 0.3) is 0 Å². The van der Waals surface area contributed by atoms with Gasteiger partial charge in [-0.2, -0.15) is 0 Å². The van der Waals surface area contributed by atoms with Crippen LogP contribution in [0, 0.1) is 5.41 Å². The van der Waals surface area contributed by atoms with Crippen molar-refractivity contribution < 1.29 is 18.7 Å². The predicted molar refractivity (Wildman–Crippen MR) is 87.7 cm³/mol. The van der Waals surface area contributed by atoms with E-state index in [4.69, 9.17) is 9.15 Å². The fourth-order valence-electron chi connectivity index (χ4n) is 1.79. The first-order chi connectivity index (χ1) is 10.8. The molecule has 0 aliphatic rings. The standard InChI is InChI=1S/C17H20N2O4/c1-17(2,3)16(21)19-12-10-11(7-8-13(12)22-4)18-15(20)14-6-5-9-23-14/h5-10H,1-4H3,(H,18,20)(H,19,21). The van der Waals surface area contributed by atoms with Gasteiger partial charge in [0.1, 0.15) is 5.75 Å². The molecule has 2 N–H and O–H groups in total. The average molecular weight is 316 g/mol. The molecule has 1 aromatic heterocycles. The van der Waals surface area contributed by atoms with E-state index in [-0.39, 0.29) is 17.6 Å². The number of anilines is 2. The molecule has 6 nitrogen and oxygen atoms in total. The topological polar surface area (TPSA) is 80.6 Å². The summed E-state index contributed by atoms with van der Waals surface area (Å²) in [6.45, 7) is 5.45. The predicted octanol–water partition coefficient (Wildman–Crippen LogP) is 3.53. The zero-order valence-electron chi connectivity index (χ0n) is 13.6. The lowest BCUT2D eigenvalue weighted by atomic mass is 9.95. The Hall–Kier alpha value is -2.76. The summed E-state index contributed by atoms with van der Waals surface area (Å²) in [5.41, 5.74) is 0.472. The van der Waals surface area contributed by atoms with Gasteiger partial charge in [0, 0.05) is 11.1 Å². The normalized spacial score (nSPS) is 11.0. The van der Waals surface area contributed by atoms with Crippen molar-refractivity contribution in [2.75, 3.05) is 17.7 Å². The molecule has 2 amide bonds. The molecule has 0 fully saturated rings. The van der Waals surface area contributed by atoms with E-state index in [2.05, 4.69) is 10.6 Å². The van der Waals surface area contributed by atoms with Crippen molar-refractivity contribution in [3.05, 3.63) is 42.4 Å². The summed E-state index contributed by atoms with van der Waals surface area (Å²) in [4.78, 5) is 24.2. The lowest BCUT2D eigenvalue weighted by Crippen LogP contribution is -2.27. The van der Waals surface area contributed by atoms with E-state index in [0.29, 0.717) is 17.1 Å². The van der Waals surface area contributed by atoms with Gasteiger partial charge in [-0.1, -0.05) is 20.8 Å². The molecule has 0 aliphatic carbocycles. The summed E-state index contributed by atoms with van der Waals surface area (Å²) in [6, 6.07) is 8.21. The molecule has 122 valence electrons. The minimum absolute atomic E-state index is 0.148. The smallest absolute Gasteiger partial charge is 0.291 e. The van der Waals surface area contributed by atoms with Crippen molar-refractivity contribution in [1.82, 2.24) is 0 Å². The quantitative estimate of drug-likeness (QED) is 0.904. The van der Waals surface area contributed by atoms with Crippen LogP contribution in [0.5, 0.6) is 5.75 Å². The zero-order valence-corrected chi connectivity index (χ0v) is 13.6. The second-order valence-corrected chi connectivity index (χ2v) is 6.05. The van der Waals surface area contributed by atoms with Gasteiger partial charge >= 0.3 is 0 Å². The molecule has 0 saturated carbocycles. The SMILES string of the molecule is COc1ccc(NC(=O)c2ccco2)cc1NC(=O)C(C)(C)C. The van der Waals surface area contributed by atoms with Crippen LogP contribution in [-0.4, -0.2) is 18.9 Å². The maximum atomic E-state index is 12.2. The number of rotatable bonds is 4. The lowest BCUT2D eigenvalue weighted by molar-refractivity contribution is -0.123. The molecule has 0 radical (unpaired) electrons. The third kappa shape index (κ3) is 4.12. The van der Waals surface area contributed by atoms with Crippen molar-refractivity contribution >= 4 is 23.2 Å². The third-order valence-corrected chi connectivity index (χ3v) is 3.13. The molecule has 0 spiro atoms. The maximum Gasteiger partial charge on any atom is 0.291 e. The molecule has 1 aromatic carbocycles. The van der Waals surface area contributed by atoms with E-state index in [1.54, 1.807) is 30.3 Å². The second kappa shape index (κ2) is 6.56. The fourth-order valence-corrected chi connectivity index (χ4v) is 1.79. The monoisotopic (exact) mass is 316 g/mol. The highest BCUT2D eigenvalue weighted by Gasteiger charge is 2.22. The average Bonchev–Trinajstić information content (AvgIpc) is 3.01. The first-order valence-electron chi connectivity index (χ1n) is 7.15. The molecule has 23 heavy (non-hydrogen) atoms. The molecular weight excluding hydrogens is 296 g/mol. The number of carbonyl (C=O) groups excluding carboxylic acids is 2. The highest BCUT2D eigenvalue weighted by Crippen LogP contribution is 2.29. The van der Waals surface area contributed by atoms with Crippen molar-refractivity contribution in [2.45, 2.75) is 20.8 Å². The fraction of sp³-hybridized carbons (Fsp3) is 0.294. The Balaban J connectivity index is 2.21. The van der Waals surface area contributed by atoms with Gasteiger partial charge in [0.2, 0.25) is 5.91 Å². The van der Waals surface area contributed by atoms with Crippen LogP contribution in [-0.2, 0) is 4.79 Å². The summed E-state index contributed by atoms with van der Waals surface area (Å²) in [5, 5.41) is 5.52. The number of amides is 2. The molecule has 0 saturated heterocycles. The van der Waals surface area contributed by atoms with Crippen molar-refractivity contribution in [3.8, 4) is 5.75 Å². The van der Waals surface area contributed by atoms with Crippen LogP contribution < -0.4 is 15.4 Å². The number of carbonyl (C=O) groups is 2. The lowest BCUT2D eigenvalue weighted by Gasteiger charge is -2.19. The second-order valence-electron chi connectivity index (χ2n) is 6.05. The van der Waals surface area contributed by atoms with Gasteiger partial charge in [0.15, 0.2) is 5.76 Å². The van der Waals surface area contributed by atoms with Gasteiger partial charge in [0.25, 0.3) is 5.91 Å². The number of nitrogens with one attached hydrogen (secondary N) is 2. The largest absolute Gasteiger partial charge is 0.495 e. The van der Waals surface area contributed by atoms with E-state index in [1.807, 2.05) is 20.8 Å². The van der Waals surface area contributed by atoms with Gasteiger partial charge in [-0.15, -0.1) is 0 Å². The Labute approximate surface area is 134 Å². The molecule has 2 rings (SSSR count). The van der Waals surface area contributed by atoms with E-state index in [0.717, 1.165) is 0 Å². The van der Waals surface area contributed by atoms with Gasteiger partial charge in [-0.05, 0) is 30.3 Å². The first kappa shape index (κ1) is 16.6. The third-order valence-electron chi connectivity index (χ3n) is 3.13. The summed E-state index contributed by atoms with van der Waals surface area (Å²) < 4.78 is 10.3. The van der Waals surface area contributed by atoms with Gasteiger partial charge in [-0.25, -0.2) is 0 Å². The Bertz CT molecular complexity index is 700. The van der Waals surface area contributed by atoms with Crippen LogP contribution >= 0.6 is 0 Å². The van der Waals surface area contributed by atoms with E-state index in [1.165, 1.54) is 13.4 Å². The van der Waals surface area contributed by atoms with Crippen molar-refractivity contribution in [2.24, 2.45) is 5.41 Å². The highest BCUT2D eigenvalue weighted by molar-refractivity contribution is 6.03. The van der Waals surface area contributed by atoms with Gasteiger partial charge in [0.05, 0.1) is 19.1 Å². The molecule has 1 heterocycles. The molecular formula is C17H20N2O4. The molecule has 0 unspecified atom stereocenters. The zero-order chi connectivity index (χ0) is 17.0. The molecule has 0 bridgehead atoms. The minimum atomic E-state index is -0.543. The molecule has 6 heteroatoms. The van der Waals surface area contributed by atoms with Crippen molar-refractivity contribution in [1.29, 1.82) is 0 Å². The summed E-state index contributed by atoms with van der Waals surface area (Å²) in [6.07, 6.45) is 1.43. The van der Waals surface area contributed by atoms with Crippen LogP contribution in [0.3, 0.4) is 0 Å². The number of ether oxygens (including phenoxy) is 1. The Kier molecular flexibility index (Phi) is 4.74. The Morgan fingerprint density at radius 2 is 1.87 bits per heavy atom. The highest BCUT2D eigenvalue weighted by atomic mass is 16.5. The molecule has 0 atom stereocenters. The van der Waals surface area contributed by atoms with E-state index < -0.39 is 5.41 Å². The number of benzene rings is 1. The van der Waals surface area contributed by atoms with Crippen molar-refractivity contribution in [3.63, 3.8) is 0 Å². The van der Waals surface area contributed by atoms with Crippen LogP contribution in [0.1, 0.15) is 31.3 Å². The van der Waals surface area contributed by atoms with Crippen LogP contribution in [0.15, 0.2) is 41.0 Å². The molecule has 0 aliphatic heterocycles. The summed E-state index contributed by atoms with van der Waals surface area (Å²) in [5.74, 6) is 0.207. The number of hydrogen-bond donors (Lipinski definition) is 2. The number of furan rings is 1. The van der Waals surface area contributed by atoms with E-state index >= 15 is 0 Å². The maximum absolute atomic E-state index is 12.2. The minimum Gasteiger partial charge on any atom is -0.495 e. The first-order valence-corrected chi connectivity index (χ1v) is 7.15. The Morgan fingerprint density at radius 3 is 2.43 bits per heavy atom. The van der Waals surface area contributed by atoms with Crippen LogP contribution in [0.2, 0.25) is 0 Å². The van der Waals surface area contributed by atoms with Gasteiger partial charge in [-0.3, -0.25) is 9.59 Å². The summed E-state index contributed by atoms with van der Waals surface area (Å²) in [7, 11) is 1.52. The summed E-state index contributed by atoms with van der Waals surface area (Å²) >= 11 is 0. The van der Waals surface area contributed by atoms with Gasteiger partial charge < -0.3 is 19.8 Å². The number of hydrogen-bond acceptors (Lipinski definition) is 4. The van der Waals surface area contributed by atoms with Crippen LogP contribution in [0.4, 0.5) is 11.4 Å².